The summed E-state index contributed by atoms with van der Waals surface area (Å²) in [5, 5.41) is 0. The number of sulfonamides is 1. The van der Waals surface area contributed by atoms with E-state index < -0.39 is 21.5 Å². The molecule has 0 fully saturated rings. The number of rotatable bonds is 6. The minimum absolute atomic E-state index is 0.00692. The molecular formula is C15H26N2O4S. The highest BCUT2D eigenvalue weighted by Crippen LogP contribution is 2.28. The van der Waals surface area contributed by atoms with Crippen molar-refractivity contribution >= 4 is 16.0 Å². The molecule has 0 amide bonds. The van der Waals surface area contributed by atoms with Gasteiger partial charge < -0.3 is 9.30 Å². The zero-order valence-corrected chi connectivity index (χ0v) is 15.2. The van der Waals surface area contributed by atoms with E-state index in [-0.39, 0.29) is 17.1 Å². The van der Waals surface area contributed by atoms with E-state index in [4.69, 9.17) is 4.74 Å². The van der Waals surface area contributed by atoms with Gasteiger partial charge in [-0.1, -0.05) is 6.92 Å². The fourth-order valence-electron chi connectivity index (χ4n) is 2.18. The molecule has 1 aromatic heterocycles. The maximum absolute atomic E-state index is 12.8. The molecule has 22 heavy (non-hydrogen) atoms. The summed E-state index contributed by atoms with van der Waals surface area (Å²) in [4.78, 5) is 12.2. The van der Waals surface area contributed by atoms with Crippen LogP contribution in [0.1, 0.15) is 55.9 Å². The highest BCUT2D eigenvalue weighted by Gasteiger charge is 2.34. The van der Waals surface area contributed by atoms with E-state index in [2.05, 4.69) is 4.72 Å². The molecular weight excluding hydrogens is 304 g/mol. The number of nitrogens with one attached hydrogen (secondary N) is 1. The van der Waals surface area contributed by atoms with Gasteiger partial charge in [0.1, 0.15) is 10.5 Å². The maximum atomic E-state index is 12.8. The van der Waals surface area contributed by atoms with E-state index in [1.807, 2.05) is 6.92 Å². The van der Waals surface area contributed by atoms with Crippen LogP contribution >= 0.6 is 0 Å². The Labute approximate surface area is 132 Å². The van der Waals surface area contributed by atoms with E-state index in [0.717, 1.165) is 0 Å². The Bertz CT molecular complexity index is 672. The van der Waals surface area contributed by atoms with Crippen LogP contribution in [0.4, 0.5) is 0 Å². The quantitative estimate of drug-likeness (QED) is 0.812. The van der Waals surface area contributed by atoms with Crippen LogP contribution in [0.5, 0.6) is 0 Å². The molecule has 0 spiro atoms. The third-order valence-corrected chi connectivity index (χ3v) is 5.82. The van der Waals surface area contributed by atoms with Crippen LogP contribution in [0.25, 0.3) is 0 Å². The molecule has 1 rings (SSSR count). The van der Waals surface area contributed by atoms with Crippen molar-refractivity contribution in [3.8, 4) is 0 Å². The second kappa shape index (κ2) is 6.42. The van der Waals surface area contributed by atoms with Crippen molar-refractivity contribution in [3.05, 3.63) is 17.0 Å². The van der Waals surface area contributed by atoms with E-state index in [1.165, 1.54) is 0 Å². The first-order valence-corrected chi connectivity index (χ1v) is 8.83. The molecule has 0 aliphatic rings. The van der Waals surface area contributed by atoms with Crippen LogP contribution in [0, 0.1) is 13.8 Å². The highest BCUT2D eigenvalue weighted by molar-refractivity contribution is 7.89. The lowest BCUT2D eigenvalue weighted by Gasteiger charge is -2.24. The molecule has 0 aliphatic carbocycles. The zero-order valence-electron chi connectivity index (χ0n) is 14.4. The van der Waals surface area contributed by atoms with Crippen molar-refractivity contribution < 1.29 is 17.9 Å². The normalized spacial score (nSPS) is 12.5. The van der Waals surface area contributed by atoms with Crippen molar-refractivity contribution in [2.45, 2.75) is 58.4 Å². The van der Waals surface area contributed by atoms with Gasteiger partial charge in [0.2, 0.25) is 10.0 Å². The number of carbonyl (C=O) groups excluding carboxylic acids is 1. The van der Waals surface area contributed by atoms with Crippen LogP contribution in [0.2, 0.25) is 0 Å². The summed E-state index contributed by atoms with van der Waals surface area (Å²) in [6.45, 7) is 10.8. The largest absolute Gasteiger partial charge is 0.462 e. The molecule has 0 aromatic carbocycles. The molecule has 1 N–H and O–H groups in total. The smallest absolute Gasteiger partial charge is 0.341 e. The average Bonchev–Trinajstić information content (AvgIpc) is 2.63. The minimum atomic E-state index is -3.83. The van der Waals surface area contributed by atoms with Crippen LogP contribution < -0.4 is 4.72 Å². The molecule has 0 aliphatic heterocycles. The number of carbonyl (C=O) groups is 1. The third-order valence-electron chi connectivity index (χ3n) is 3.97. The average molecular weight is 330 g/mol. The van der Waals surface area contributed by atoms with Crippen molar-refractivity contribution in [1.29, 1.82) is 0 Å². The Morgan fingerprint density at radius 2 is 1.77 bits per heavy atom. The standard InChI is InChI=1S/C15H26N2O4S/c1-8-15(5,6)16-22(19,20)13-11(4)17(7)10(3)12(13)14(18)21-9-2/h16H,8-9H2,1-7H3. The summed E-state index contributed by atoms with van der Waals surface area (Å²) in [6, 6.07) is 0. The van der Waals surface area contributed by atoms with Gasteiger partial charge in [0, 0.05) is 24.0 Å². The number of esters is 1. The first-order valence-electron chi connectivity index (χ1n) is 7.35. The number of hydrogen-bond acceptors (Lipinski definition) is 4. The Morgan fingerprint density at radius 1 is 1.23 bits per heavy atom. The molecule has 6 nitrogen and oxygen atoms in total. The van der Waals surface area contributed by atoms with Crippen molar-refractivity contribution in [1.82, 2.24) is 9.29 Å². The number of hydrogen-bond donors (Lipinski definition) is 1. The molecule has 0 unspecified atom stereocenters. The van der Waals surface area contributed by atoms with Gasteiger partial charge in [-0.3, -0.25) is 0 Å². The topological polar surface area (TPSA) is 77.4 Å². The predicted octanol–water partition coefficient (Wildman–Crippen LogP) is 2.29. The van der Waals surface area contributed by atoms with Gasteiger partial charge in [-0.15, -0.1) is 0 Å². The lowest BCUT2D eigenvalue weighted by Crippen LogP contribution is -2.43. The SMILES string of the molecule is CCOC(=O)c1c(S(=O)(=O)NC(C)(C)CC)c(C)n(C)c1C. The third kappa shape index (κ3) is 3.52. The lowest BCUT2D eigenvalue weighted by atomic mass is 10.0. The van der Waals surface area contributed by atoms with Gasteiger partial charge in [0.25, 0.3) is 0 Å². The van der Waals surface area contributed by atoms with E-state index >= 15 is 0 Å². The number of aromatic nitrogens is 1. The predicted molar refractivity (Wildman–Crippen MR) is 85.5 cm³/mol. The van der Waals surface area contributed by atoms with Crippen molar-refractivity contribution in [2.75, 3.05) is 6.61 Å². The maximum Gasteiger partial charge on any atom is 0.341 e. The molecule has 0 atom stereocenters. The van der Waals surface area contributed by atoms with Gasteiger partial charge in [0.15, 0.2) is 0 Å². The first kappa shape index (κ1) is 18.7. The fourth-order valence-corrected chi connectivity index (χ4v) is 4.18. The Balaban J connectivity index is 3.53. The van der Waals surface area contributed by atoms with Gasteiger partial charge in [0.05, 0.1) is 6.61 Å². The van der Waals surface area contributed by atoms with E-state index in [1.54, 1.807) is 46.2 Å². The Morgan fingerprint density at radius 3 is 2.23 bits per heavy atom. The van der Waals surface area contributed by atoms with Crippen LogP contribution in [0.3, 0.4) is 0 Å². The molecule has 126 valence electrons. The summed E-state index contributed by atoms with van der Waals surface area (Å²) in [6.07, 6.45) is 0.631. The molecule has 1 aromatic rings. The second-order valence-corrected chi connectivity index (χ2v) is 7.62. The second-order valence-electron chi connectivity index (χ2n) is 6.00. The Hall–Kier alpha value is -1.34. The fraction of sp³-hybridized carbons (Fsp3) is 0.667. The van der Waals surface area contributed by atoms with Crippen LogP contribution in [0.15, 0.2) is 4.90 Å². The van der Waals surface area contributed by atoms with Crippen LogP contribution in [-0.4, -0.2) is 31.1 Å². The number of nitrogens with zero attached hydrogens (tertiary/aromatic N) is 1. The van der Waals surface area contributed by atoms with Gasteiger partial charge in [-0.2, -0.15) is 0 Å². The summed E-state index contributed by atoms with van der Waals surface area (Å²) >= 11 is 0. The summed E-state index contributed by atoms with van der Waals surface area (Å²) < 4.78 is 35.0. The zero-order chi connectivity index (χ0) is 17.3. The van der Waals surface area contributed by atoms with Crippen LogP contribution in [-0.2, 0) is 21.8 Å². The monoisotopic (exact) mass is 330 g/mol. The molecule has 1 heterocycles. The summed E-state index contributed by atoms with van der Waals surface area (Å²) in [5.74, 6) is -0.613. The van der Waals surface area contributed by atoms with E-state index in [0.29, 0.717) is 17.8 Å². The van der Waals surface area contributed by atoms with Gasteiger partial charge in [-0.25, -0.2) is 17.9 Å². The minimum Gasteiger partial charge on any atom is -0.462 e. The number of ether oxygens (including phenoxy) is 1. The molecule has 7 heteroatoms. The lowest BCUT2D eigenvalue weighted by molar-refractivity contribution is 0.0521. The molecule has 0 saturated heterocycles. The van der Waals surface area contributed by atoms with E-state index in [9.17, 15) is 13.2 Å². The molecule has 0 bridgehead atoms. The summed E-state index contributed by atoms with van der Waals surface area (Å²) in [7, 11) is -2.09. The van der Waals surface area contributed by atoms with Gasteiger partial charge in [-0.05, 0) is 41.0 Å². The van der Waals surface area contributed by atoms with Gasteiger partial charge >= 0.3 is 5.97 Å². The molecule has 0 saturated carbocycles. The highest BCUT2D eigenvalue weighted by atomic mass is 32.2. The van der Waals surface area contributed by atoms with Crippen molar-refractivity contribution in [3.63, 3.8) is 0 Å². The first-order chi connectivity index (χ1) is 9.98. The Kier molecular flexibility index (Phi) is 5.46. The van der Waals surface area contributed by atoms with Crippen molar-refractivity contribution in [2.24, 2.45) is 7.05 Å². The molecule has 0 radical (unpaired) electrons. The summed E-state index contributed by atoms with van der Waals surface area (Å²) in [5.41, 5.74) is 0.604.